The summed E-state index contributed by atoms with van der Waals surface area (Å²) in [6, 6.07) is 29.1. The second-order valence-electron chi connectivity index (χ2n) is 7.81. The van der Waals surface area contributed by atoms with Gasteiger partial charge in [0, 0.05) is 36.6 Å². The van der Waals surface area contributed by atoms with Crippen LogP contribution in [0.4, 0.5) is 0 Å². The van der Waals surface area contributed by atoms with Crippen molar-refractivity contribution in [2.75, 3.05) is 0 Å². The molecule has 1 nitrogen and oxygen atoms in total. The number of aromatic nitrogens is 1. The number of para-hydroxylation sites is 1. The third-order valence-corrected chi connectivity index (χ3v) is 7.27. The Morgan fingerprint density at radius 2 is 1.48 bits per heavy atom. The average Bonchev–Trinajstić information content (AvgIpc) is 3.28. The maximum absolute atomic E-state index is 2.45. The summed E-state index contributed by atoms with van der Waals surface area (Å²) in [4.78, 5) is 0. The SMILES string of the molecule is CCc1cc(-n2c3ccccc3c3ccc(C)cc32)cc2c1sc1ccccc12. The van der Waals surface area contributed by atoms with Crippen LogP contribution in [0, 0.1) is 6.92 Å². The van der Waals surface area contributed by atoms with Gasteiger partial charge in [0.25, 0.3) is 0 Å². The Morgan fingerprint density at radius 3 is 2.34 bits per heavy atom. The summed E-state index contributed by atoms with van der Waals surface area (Å²) in [6.45, 7) is 4.44. The molecule has 0 aliphatic rings. The van der Waals surface area contributed by atoms with Crippen molar-refractivity contribution in [3.05, 3.63) is 90.0 Å². The zero-order chi connectivity index (χ0) is 19.5. The Hall–Kier alpha value is -3.10. The minimum atomic E-state index is 1.04. The summed E-state index contributed by atoms with van der Waals surface area (Å²) in [6.07, 6.45) is 1.04. The van der Waals surface area contributed by atoms with Crippen LogP contribution in [-0.4, -0.2) is 4.57 Å². The zero-order valence-electron chi connectivity index (χ0n) is 16.6. The second-order valence-corrected chi connectivity index (χ2v) is 8.86. The first-order valence-electron chi connectivity index (χ1n) is 10.2. The van der Waals surface area contributed by atoms with Gasteiger partial charge in [0.1, 0.15) is 0 Å². The lowest BCUT2D eigenvalue weighted by Gasteiger charge is -2.11. The van der Waals surface area contributed by atoms with E-state index in [1.807, 2.05) is 11.3 Å². The van der Waals surface area contributed by atoms with Gasteiger partial charge in [0.2, 0.25) is 0 Å². The van der Waals surface area contributed by atoms with Crippen molar-refractivity contribution in [3.63, 3.8) is 0 Å². The van der Waals surface area contributed by atoms with Crippen LogP contribution in [0.5, 0.6) is 0 Å². The summed E-state index contributed by atoms with van der Waals surface area (Å²) < 4.78 is 5.24. The first-order chi connectivity index (χ1) is 14.2. The molecule has 29 heavy (non-hydrogen) atoms. The van der Waals surface area contributed by atoms with E-state index >= 15 is 0 Å². The predicted octanol–water partition coefficient (Wildman–Crippen LogP) is 8.02. The van der Waals surface area contributed by atoms with E-state index in [1.165, 1.54) is 58.8 Å². The van der Waals surface area contributed by atoms with Crippen molar-refractivity contribution in [2.24, 2.45) is 0 Å². The maximum atomic E-state index is 2.45. The molecule has 2 heterocycles. The molecule has 2 heteroatoms. The minimum Gasteiger partial charge on any atom is -0.309 e. The monoisotopic (exact) mass is 391 g/mol. The molecule has 0 bridgehead atoms. The summed E-state index contributed by atoms with van der Waals surface area (Å²) in [5.41, 5.74) is 6.53. The standard InChI is InChI=1S/C27H21NS/c1-3-18-15-19(16-23-22-9-5-7-11-26(22)29-27(18)23)28-24-10-6-4-8-20(24)21-13-12-17(2)14-25(21)28/h4-16H,3H2,1-2H3. The number of benzene rings is 4. The van der Waals surface area contributed by atoms with Crippen LogP contribution in [0.25, 0.3) is 47.7 Å². The normalized spacial score (nSPS) is 11.9. The topological polar surface area (TPSA) is 4.93 Å². The number of rotatable bonds is 2. The lowest BCUT2D eigenvalue weighted by atomic mass is 10.1. The molecule has 0 amide bonds. The molecule has 0 saturated heterocycles. The molecule has 0 saturated carbocycles. The summed E-state index contributed by atoms with van der Waals surface area (Å²) >= 11 is 1.92. The third kappa shape index (κ3) is 2.39. The Balaban J connectivity index is 1.79. The highest BCUT2D eigenvalue weighted by Crippen LogP contribution is 2.39. The molecule has 0 unspecified atom stereocenters. The molecule has 0 atom stereocenters. The summed E-state index contributed by atoms with van der Waals surface area (Å²) in [5.74, 6) is 0. The Bertz CT molecular complexity index is 1550. The Morgan fingerprint density at radius 1 is 0.724 bits per heavy atom. The molecular weight excluding hydrogens is 370 g/mol. The number of aryl methyl sites for hydroxylation is 2. The fourth-order valence-electron chi connectivity index (χ4n) is 4.63. The molecular formula is C27H21NS. The van der Waals surface area contributed by atoms with Crippen LogP contribution in [0.3, 0.4) is 0 Å². The molecule has 6 aromatic rings. The van der Waals surface area contributed by atoms with Gasteiger partial charge in [-0.25, -0.2) is 0 Å². The number of fused-ring (bicyclic) bond motifs is 6. The van der Waals surface area contributed by atoms with Gasteiger partial charge >= 0.3 is 0 Å². The van der Waals surface area contributed by atoms with E-state index in [0.29, 0.717) is 0 Å². The van der Waals surface area contributed by atoms with Gasteiger partial charge in [0.05, 0.1) is 11.0 Å². The van der Waals surface area contributed by atoms with Crippen LogP contribution >= 0.6 is 11.3 Å². The summed E-state index contributed by atoms with van der Waals surface area (Å²) in [7, 11) is 0. The highest BCUT2D eigenvalue weighted by Gasteiger charge is 2.15. The van der Waals surface area contributed by atoms with Crippen molar-refractivity contribution in [2.45, 2.75) is 20.3 Å². The van der Waals surface area contributed by atoms with E-state index in [1.54, 1.807) is 0 Å². The quantitative estimate of drug-likeness (QED) is 0.281. The fraction of sp³-hybridized carbons (Fsp3) is 0.111. The average molecular weight is 392 g/mol. The first kappa shape index (κ1) is 16.8. The van der Waals surface area contributed by atoms with Gasteiger partial charge in [-0.15, -0.1) is 11.3 Å². The van der Waals surface area contributed by atoms with Crippen molar-refractivity contribution >= 4 is 53.3 Å². The van der Waals surface area contributed by atoms with E-state index in [9.17, 15) is 0 Å². The molecule has 4 aromatic carbocycles. The molecule has 0 radical (unpaired) electrons. The molecule has 2 aromatic heterocycles. The van der Waals surface area contributed by atoms with Crippen LogP contribution in [0.2, 0.25) is 0 Å². The molecule has 0 aliphatic carbocycles. The number of hydrogen-bond donors (Lipinski definition) is 0. The van der Waals surface area contributed by atoms with Crippen molar-refractivity contribution in [1.82, 2.24) is 4.57 Å². The first-order valence-corrected chi connectivity index (χ1v) is 11.0. The summed E-state index contributed by atoms with van der Waals surface area (Å²) in [5, 5.41) is 5.37. The van der Waals surface area contributed by atoms with Crippen molar-refractivity contribution in [3.8, 4) is 5.69 Å². The Kier molecular flexibility index (Phi) is 3.60. The molecule has 0 fully saturated rings. The van der Waals surface area contributed by atoms with Crippen LogP contribution in [0.1, 0.15) is 18.1 Å². The van der Waals surface area contributed by atoms with E-state index in [2.05, 4.69) is 97.3 Å². The lowest BCUT2D eigenvalue weighted by Crippen LogP contribution is -1.96. The third-order valence-electron chi connectivity index (χ3n) is 6.01. The van der Waals surface area contributed by atoms with Crippen LogP contribution in [-0.2, 0) is 6.42 Å². The van der Waals surface area contributed by atoms with Crippen LogP contribution < -0.4 is 0 Å². The van der Waals surface area contributed by atoms with E-state index in [-0.39, 0.29) is 0 Å². The number of hydrogen-bond acceptors (Lipinski definition) is 1. The highest BCUT2D eigenvalue weighted by atomic mass is 32.1. The van der Waals surface area contributed by atoms with Gasteiger partial charge in [-0.1, -0.05) is 55.5 Å². The van der Waals surface area contributed by atoms with Gasteiger partial charge in [-0.05, 0) is 54.8 Å². The van der Waals surface area contributed by atoms with Gasteiger partial charge < -0.3 is 4.57 Å². The van der Waals surface area contributed by atoms with Crippen molar-refractivity contribution in [1.29, 1.82) is 0 Å². The van der Waals surface area contributed by atoms with E-state index in [0.717, 1.165) is 6.42 Å². The number of thiophene rings is 1. The van der Waals surface area contributed by atoms with Gasteiger partial charge in [-0.2, -0.15) is 0 Å². The Labute approximate surface area is 173 Å². The van der Waals surface area contributed by atoms with E-state index < -0.39 is 0 Å². The lowest BCUT2D eigenvalue weighted by molar-refractivity contribution is 1.13. The maximum Gasteiger partial charge on any atom is 0.0543 e. The van der Waals surface area contributed by atoms with Crippen LogP contribution in [0.15, 0.2) is 78.9 Å². The van der Waals surface area contributed by atoms with Gasteiger partial charge in [0.15, 0.2) is 0 Å². The fourth-order valence-corrected chi connectivity index (χ4v) is 5.90. The van der Waals surface area contributed by atoms with E-state index in [4.69, 9.17) is 0 Å². The van der Waals surface area contributed by atoms with Crippen molar-refractivity contribution < 1.29 is 0 Å². The second kappa shape index (κ2) is 6.20. The minimum absolute atomic E-state index is 1.04. The number of nitrogens with zero attached hydrogens (tertiary/aromatic N) is 1. The highest BCUT2D eigenvalue weighted by molar-refractivity contribution is 7.26. The molecule has 0 aliphatic heterocycles. The predicted molar refractivity (Wildman–Crippen MR) is 128 cm³/mol. The zero-order valence-corrected chi connectivity index (χ0v) is 17.4. The van der Waals surface area contributed by atoms with Gasteiger partial charge in [-0.3, -0.25) is 0 Å². The molecule has 0 spiro atoms. The largest absolute Gasteiger partial charge is 0.309 e. The molecule has 140 valence electrons. The smallest absolute Gasteiger partial charge is 0.0543 e. The molecule has 6 rings (SSSR count). The molecule has 0 N–H and O–H groups in total.